The average Bonchev–Trinajstić information content (AvgIpc) is 1.19. The molecule has 0 radical (unpaired) electrons. The van der Waals surface area contributed by atoms with Gasteiger partial charge in [-0.2, -0.15) is 0 Å². The van der Waals surface area contributed by atoms with Crippen molar-refractivity contribution in [2.75, 3.05) is 14.7 Å². The first-order chi connectivity index (χ1) is 59.4. The van der Waals surface area contributed by atoms with Gasteiger partial charge in [0.2, 0.25) is 0 Å². The maximum absolute atomic E-state index is 2.78. The Balaban J connectivity index is 0.952. The molecular formula is C117H102BN5. The third-order valence-electron chi connectivity index (χ3n) is 26.6. The number of allylic oxidation sites excluding steroid dienone is 6. The van der Waals surface area contributed by atoms with Crippen molar-refractivity contribution in [2.45, 2.75) is 125 Å². The van der Waals surface area contributed by atoms with E-state index in [1.165, 1.54) is 110 Å². The molecule has 21 rings (SSSR count). The Labute approximate surface area is 725 Å². The van der Waals surface area contributed by atoms with E-state index in [4.69, 9.17) is 0 Å². The van der Waals surface area contributed by atoms with E-state index in [0.29, 0.717) is 0 Å². The lowest BCUT2D eigenvalue weighted by molar-refractivity contribution is 0.590. The van der Waals surface area contributed by atoms with Crippen LogP contribution in [0.3, 0.4) is 0 Å². The molecule has 6 heteroatoms. The second kappa shape index (κ2) is 29.0. The van der Waals surface area contributed by atoms with Crippen LogP contribution in [0, 0.1) is 0 Å². The van der Waals surface area contributed by atoms with Gasteiger partial charge in [0.1, 0.15) is 0 Å². The Morgan fingerprint density at radius 2 is 0.707 bits per heavy atom. The summed E-state index contributed by atoms with van der Waals surface area (Å²) in [6, 6.07) is 126. The van der Waals surface area contributed by atoms with Gasteiger partial charge in [-0.15, -0.1) is 0 Å². The van der Waals surface area contributed by atoms with E-state index in [0.717, 1.165) is 107 Å². The van der Waals surface area contributed by atoms with E-state index in [1.54, 1.807) is 0 Å². The minimum atomic E-state index is -0.318. The maximum atomic E-state index is 2.78. The summed E-state index contributed by atoms with van der Waals surface area (Å²) in [5.41, 5.74) is 40.4. The van der Waals surface area contributed by atoms with Crippen LogP contribution >= 0.6 is 0 Å². The quantitative estimate of drug-likeness (QED) is 0.120. The van der Waals surface area contributed by atoms with Crippen molar-refractivity contribution >= 4 is 118 Å². The molecule has 598 valence electrons. The van der Waals surface area contributed by atoms with Gasteiger partial charge in [0.25, 0.3) is 6.71 Å². The van der Waals surface area contributed by atoms with Gasteiger partial charge in [0.05, 0.1) is 39.5 Å². The molecule has 1 atom stereocenters. The van der Waals surface area contributed by atoms with Crippen molar-refractivity contribution in [1.82, 2.24) is 9.13 Å². The second-order valence-electron chi connectivity index (χ2n) is 38.4. The van der Waals surface area contributed by atoms with Crippen LogP contribution < -0.4 is 31.1 Å². The van der Waals surface area contributed by atoms with Crippen LogP contribution in [0.25, 0.3) is 122 Å². The van der Waals surface area contributed by atoms with E-state index in [1.807, 2.05) is 0 Å². The number of anilines is 7. The molecule has 15 aromatic carbocycles. The summed E-state index contributed by atoms with van der Waals surface area (Å²) in [6.45, 7) is 32.4. The zero-order chi connectivity index (χ0) is 84.3. The zero-order valence-electron chi connectivity index (χ0n) is 73.0. The van der Waals surface area contributed by atoms with E-state index in [9.17, 15) is 0 Å². The molecule has 0 N–H and O–H groups in total. The lowest BCUT2D eigenvalue weighted by atomic mass is 9.33. The number of hydrogen-bond donors (Lipinski definition) is 0. The third-order valence-corrected chi connectivity index (χ3v) is 26.6. The molecule has 4 aliphatic heterocycles. The predicted octanol–water partition coefficient (Wildman–Crippen LogP) is 29.6. The van der Waals surface area contributed by atoms with Crippen molar-refractivity contribution in [3.05, 3.63) is 397 Å². The summed E-state index contributed by atoms with van der Waals surface area (Å²) >= 11 is 0. The number of fused-ring (bicyclic) bond motifs is 13. The molecule has 6 heterocycles. The Kier molecular flexibility index (Phi) is 18.1. The Morgan fingerprint density at radius 1 is 0.301 bits per heavy atom. The molecule has 0 saturated heterocycles. The monoisotopic (exact) mass is 1590 g/mol. The van der Waals surface area contributed by atoms with Gasteiger partial charge in [-0.3, -0.25) is 0 Å². The highest BCUT2D eigenvalue weighted by atomic mass is 15.2. The molecule has 123 heavy (non-hydrogen) atoms. The molecule has 0 bridgehead atoms. The van der Waals surface area contributed by atoms with Gasteiger partial charge < -0.3 is 23.8 Å². The summed E-state index contributed by atoms with van der Waals surface area (Å²) in [6.07, 6.45) is 11.6. The van der Waals surface area contributed by atoms with Crippen molar-refractivity contribution in [1.29, 1.82) is 0 Å². The average molecular weight is 1590 g/mol. The highest BCUT2D eigenvalue weighted by molar-refractivity contribution is 7.00. The van der Waals surface area contributed by atoms with Crippen LogP contribution in [0.15, 0.2) is 364 Å². The fourth-order valence-corrected chi connectivity index (χ4v) is 20.2. The van der Waals surface area contributed by atoms with Gasteiger partial charge in [0, 0.05) is 94.9 Å². The van der Waals surface area contributed by atoms with Crippen molar-refractivity contribution in [3.63, 3.8) is 0 Å². The van der Waals surface area contributed by atoms with Crippen LogP contribution in [0.4, 0.5) is 39.8 Å². The van der Waals surface area contributed by atoms with Gasteiger partial charge in [-0.1, -0.05) is 320 Å². The van der Waals surface area contributed by atoms with Crippen molar-refractivity contribution in [3.8, 4) is 67.0 Å². The number of para-hydroxylation sites is 3. The van der Waals surface area contributed by atoms with E-state index in [2.05, 4.69) is 479 Å². The molecule has 4 aliphatic rings. The largest absolute Gasteiger partial charge is 0.333 e. The summed E-state index contributed by atoms with van der Waals surface area (Å²) in [5.74, 6) is 0. The van der Waals surface area contributed by atoms with Crippen LogP contribution in [0.1, 0.15) is 130 Å². The minimum Gasteiger partial charge on any atom is -0.333 e. The summed E-state index contributed by atoms with van der Waals surface area (Å²) in [4.78, 5) is 8.15. The Bertz CT molecular complexity index is 7090. The number of aromatic nitrogens is 2. The molecule has 0 saturated carbocycles. The first kappa shape index (κ1) is 76.7. The molecule has 0 amide bonds. The Hall–Kier alpha value is -13.7. The SMILES string of the molecule is C/C=C\C=C1\c2ccccc2N2C(C)=CC=C(c3cc4c5c(c3)N(c3c(-c6ccccc6)cc(C(C)(C)C)cc3-c3ccccc3)c3cc(-n6c7ccc(C(C)(C)C)cc7c7cc(C(C)(C)C)ccc76)ccc3B5c3ccc(-c5ccc6c(c5)c5ccccc5n6-c5ccccc5)cc3N4c3c(-c4ccccc4)cc(C(C)(C)C)cc3-c3ccccc3)C12. The number of hydrogen-bond acceptors (Lipinski definition) is 3. The van der Waals surface area contributed by atoms with Crippen LogP contribution in [0.2, 0.25) is 0 Å². The molecule has 5 nitrogen and oxygen atoms in total. The highest BCUT2D eigenvalue weighted by Gasteiger charge is 2.48. The lowest BCUT2D eigenvalue weighted by Crippen LogP contribution is -2.61. The first-order valence-corrected chi connectivity index (χ1v) is 43.9. The predicted molar refractivity (Wildman–Crippen MR) is 528 cm³/mol. The topological polar surface area (TPSA) is 19.6 Å². The van der Waals surface area contributed by atoms with Gasteiger partial charge in [-0.05, 0) is 246 Å². The van der Waals surface area contributed by atoms with Crippen molar-refractivity contribution in [2.24, 2.45) is 0 Å². The summed E-state index contributed by atoms with van der Waals surface area (Å²) in [5, 5.41) is 4.93. The summed E-state index contributed by atoms with van der Waals surface area (Å²) in [7, 11) is 0. The van der Waals surface area contributed by atoms with Gasteiger partial charge >= 0.3 is 0 Å². The fourth-order valence-electron chi connectivity index (χ4n) is 20.2. The van der Waals surface area contributed by atoms with Crippen LogP contribution in [-0.4, -0.2) is 21.9 Å². The fraction of sp³-hybridized carbons (Fsp3) is 0.162. The molecule has 0 fully saturated rings. The maximum Gasteiger partial charge on any atom is 0.252 e. The van der Waals surface area contributed by atoms with E-state index < -0.39 is 0 Å². The van der Waals surface area contributed by atoms with Gasteiger partial charge in [0.15, 0.2) is 0 Å². The highest BCUT2D eigenvalue weighted by Crippen LogP contribution is 2.58. The third kappa shape index (κ3) is 12.7. The molecule has 2 aromatic heterocycles. The van der Waals surface area contributed by atoms with Crippen LogP contribution in [0.5, 0.6) is 0 Å². The summed E-state index contributed by atoms with van der Waals surface area (Å²) < 4.78 is 5.01. The lowest BCUT2D eigenvalue weighted by Gasteiger charge is -2.46. The minimum absolute atomic E-state index is 0.0864. The van der Waals surface area contributed by atoms with E-state index in [-0.39, 0.29) is 34.4 Å². The molecule has 0 spiro atoms. The Morgan fingerprint density at radius 3 is 1.21 bits per heavy atom. The number of rotatable bonds is 11. The molecule has 17 aromatic rings. The van der Waals surface area contributed by atoms with Crippen LogP contribution in [-0.2, 0) is 21.7 Å². The second-order valence-corrected chi connectivity index (χ2v) is 38.4. The number of nitrogens with zero attached hydrogens (tertiary/aromatic N) is 5. The van der Waals surface area contributed by atoms with Gasteiger partial charge in [-0.25, -0.2) is 0 Å². The van der Waals surface area contributed by atoms with E-state index >= 15 is 0 Å². The zero-order valence-corrected chi connectivity index (χ0v) is 73.0. The normalized spacial score (nSPS) is 14.8. The molecular weight excluding hydrogens is 1490 g/mol. The first-order valence-electron chi connectivity index (χ1n) is 43.9. The molecule has 1 unspecified atom stereocenters. The van der Waals surface area contributed by atoms with Crippen molar-refractivity contribution < 1.29 is 0 Å². The smallest absolute Gasteiger partial charge is 0.252 e. The standard InChI is InChI=1S/C117H102BN5/c1-15-16-46-91-89-47-32-34-49-101(89)119-74(2)51-57-88(111(91)119)81-65-108-110-109(66-81)123(113-94(77-40-26-19-27-41-77)71-85(117(12,13)14)72-95(113)78-42-28-20-29-43-78)107-73-87(121-104-61-54-82(114(3,4)5)67-97(104)98-68-83(115(6,7)8)55-62-105(98)121)56-59-100(107)118(110)99-58-52-80(79-53-60-103-96(63-79)90-48-33-35-50-102(90)120(103)86-44-30-21-31-45-86)64-106(99)122(108)112-92(75-36-22-17-23-37-75)69-84(116(9,10)11)70-93(112)76-38-24-18-25-39-76/h15-73,111H,1-14H3/b16-15-,91-46-. The number of benzene rings is 15. The molecule has 0 aliphatic carbocycles.